The minimum atomic E-state index is -0.481. The molecule has 2 nitrogen and oxygen atoms in total. The van der Waals surface area contributed by atoms with Crippen molar-refractivity contribution in [2.75, 3.05) is 0 Å². The SMILES string of the molecule is CC1(C)CCC(C#N)(C(O)C2CC=CCC2)CC1. The van der Waals surface area contributed by atoms with Gasteiger partial charge in [-0.15, -0.1) is 0 Å². The van der Waals surface area contributed by atoms with Crippen LogP contribution in [-0.4, -0.2) is 11.2 Å². The summed E-state index contributed by atoms with van der Waals surface area (Å²) in [5.74, 6) is 0.288. The zero-order valence-electron chi connectivity index (χ0n) is 11.7. The first-order valence-corrected chi connectivity index (χ1v) is 7.23. The molecule has 1 N–H and O–H groups in total. The summed E-state index contributed by atoms with van der Waals surface area (Å²) >= 11 is 0. The van der Waals surface area contributed by atoms with Crippen molar-refractivity contribution in [3.8, 4) is 6.07 Å². The molecule has 2 aliphatic carbocycles. The highest BCUT2D eigenvalue weighted by Crippen LogP contribution is 2.49. The summed E-state index contributed by atoms with van der Waals surface area (Å²) in [5, 5.41) is 20.2. The fourth-order valence-corrected chi connectivity index (χ4v) is 3.40. The summed E-state index contributed by atoms with van der Waals surface area (Å²) in [7, 11) is 0. The summed E-state index contributed by atoms with van der Waals surface area (Å²) in [6.07, 6.45) is 10.8. The van der Waals surface area contributed by atoms with Crippen molar-refractivity contribution >= 4 is 0 Å². The van der Waals surface area contributed by atoms with E-state index in [9.17, 15) is 10.4 Å². The van der Waals surface area contributed by atoms with Crippen LogP contribution in [0.2, 0.25) is 0 Å². The average molecular weight is 247 g/mol. The zero-order chi connectivity index (χ0) is 13.2. The second kappa shape index (κ2) is 5.05. The van der Waals surface area contributed by atoms with Crippen LogP contribution >= 0.6 is 0 Å². The maximum absolute atomic E-state index is 10.7. The molecule has 0 bridgehead atoms. The summed E-state index contributed by atoms with van der Waals surface area (Å²) in [6, 6.07) is 2.48. The second-order valence-electron chi connectivity index (χ2n) is 6.92. The summed E-state index contributed by atoms with van der Waals surface area (Å²) < 4.78 is 0. The highest BCUT2D eigenvalue weighted by Gasteiger charge is 2.46. The van der Waals surface area contributed by atoms with Gasteiger partial charge in [-0.3, -0.25) is 0 Å². The van der Waals surface area contributed by atoms with Gasteiger partial charge in [-0.2, -0.15) is 5.26 Å². The Morgan fingerprint density at radius 2 is 1.89 bits per heavy atom. The van der Waals surface area contributed by atoms with Gasteiger partial charge in [0.15, 0.2) is 0 Å². The van der Waals surface area contributed by atoms with Crippen LogP contribution < -0.4 is 0 Å². The Bertz CT molecular complexity index is 354. The molecule has 2 heteroatoms. The molecule has 18 heavy (non-hydrogen) atoms. The number of rotatable bonds is 2. The predicted molar refractivity (Wildman–Crippen MR) is 72.8 cm³/mol. The lowest BCUT2D eigenvalue weighted by Crippen LogP contribution is -2.43. The zero-order valence-corrected chi connectivity index (χ0v) is 11.7. The Morgan fingerprint density at radius 1 is 1.22 bits per heavy atom. The molecular formula is C16H25NO. The Hall–Kier alpha value is -0.810. The van der Waals surface area contributed by atoms with Crippen molar-refractivity contribution in [3.63, 3.8) is 0 Å². The van der Waals surface area contributed by atoms with Crippen molar-refractivity contribution in [2.24, 2.45) is 16.7 Å². The molecule has 0 radical (unpaired) electrons. The van der Waals surface area contributed by atoms with Gasteiger partial charge in [0.2, 0.25) is 0 Å². The van der Waals surface area contributed by atoms with E-state index in [2.05, 4.69) is 32.1 Å². The highest BCUT2D eigenvalue weighted by molar-refractivity contribution is 5.09. The molecule has 1 fully saturated rings. The molecular weight excluding hydrogens is 222 g/mol. The van der Waals surface area contributed by atoms with Crippen LogP contribution in [0.25, 0.3) is 0 Å². The molecule has 2 aliphatic rings. The maximum atomic E-state index is 10.7. The highest BCUT2D eigenvalue weighted by atomic mass is 16.3. The maximum Gasteiger partial charge on any atom is 0.0835 e. The molecule has 0 saturated heterocycles. The summed E-state index contributed by atoms with van der Waals surface area (Å²) in [5.41, 5.74) is -0.141. The van der Waals surface area contributed by atoms with Gasteiger partial charge < -0.3 is 5.11 Å². The van der Waals surface area contributed by atoms with E-state index in [1.807, 2.05) is 0 Å². The van der Waals surface area contributed by atoms with E-state index >= 15 is 0 Å². The lowest BCUT2D eigenvalue weighted by Gasteiger charge is -2.44. The van der Waals surface area contributed by atoms with E-state index < -0.39 is 11.5 Å². The molecule has 0 aliphatic heterocycles. The molecule has 1 saturated carbocycles. The minimum absolute atomic E-state index is 0.288. The number of aliphatic hydroxyl groups is 1. The third kappa shape index (κ3) is 2.62. The molecule has 0 heterocycles. The number of nitriles is 1. The predicted octanol–water partition coefficient (Wildman–Crippen LogP) is 3.81. The van der Waals surface area contributed by atoms with Gasteiger partial charge in [0, 0.05) is 0 Å². The van der Waals surface area contributed by atoms with Crippen molar-refractivity contribution in [1.29, 1.82) is 5.26 Å². The number of hydrogen-bond donors (Lipinski definition) is 1. The Balaban J connectivity index is 2.08. The van der Waals surface area contributed by atoms with E-state index in [0.717, 1.165) is 44.9 Å². The van der Waals surface area contributed by atoms with Gasteiger partial charge in [-0.25, -0.2) is 0 Å². The van der Waals surface area contributed by atoms with Crippen LogP contribution in [0.1, 0.15) is 58.8 Å². The van der Waals surface area contributed by atoms with Crippen LogP contribution in [-0.2, 0) is 0 Å². The van der Waals surface area contributed by atoms with Crippen molar-refractivity contribution in [3.05, 3.63) is 12.2 Å². The Labute approximate surface area is 111 Å². The Morgan fingerprint density at radius 3 is 2.39 bits per heavy atom. The van der Waals surface area contributed by atoms with E-state index in [1.54, 1.807) is 0 Å². The van der Waals surface area contributed by atoms with Crippen molar-refractivity contribution < 1.29 is 5.11 Å². The number of aliphatic hydroxyl groups excluding tert-OH is 1. The van der Waals surface area contributed by atoms with Crippen LogP contribution in [0, 0.1) is 28.1 Å². The third-order valence-corrected chi connectivity index (χ3v) is 5.04. The molecule has 100 valence electrons. The fraction of sp³-hybridized carbons (Fsp3) is 0.812. The van der Waals surface area contributed by atoms with Gasteiger partial charge in [0.25, 0.3) is 0 Å². The topological polar surface area (TPSA) is 44.0 Å². The van der Waals surface area contributed by atoms with Crippen molar-refractivity contribution in [1.82, 2.24) is 0 Å². The van der Waals surface area contributed by atoms with Gasteiger partial charge in [0.1, 0.15) is 0 Å². The smallest absolute Gasteiger partial charge is 0.0835 e. The molecule has 2 unspecified atom stereocenters. The van der Waals surface area contributed by atoms with E-state index in [-0.39, 0.29) is 5.92 Å². The summed E-state index contributed by atoms with van der Waals surface area (Å²) in [6.45, 7) is 4.54. The van der Waals surface area contributed by atoms with Crippen LogP contribution in [0.4, 0.5) is 0 Å². The molecule has 2 atom stereocenters. The average Bonchev–Trinajstić information content (AvgIpc) is 2.40. The van der Waals surface area contributed by atoms with Gasteiger partial charge in [-0.05, 0) is 56.3 Å². The van der Waals surface area contributed by atoms with Crippen LogP contribution in [0.3, 0.4) is 0 Å². The normalized spacial score (nSPS) is 31.6. The lowest BCUT2D eigenvalue weighted by atomic mass is 9.61. The van der Waals surface area contributed by atoms with Gasteiger partial charge in [-0.1, -0.05) is 26.0 Å². The molecule has 0 spiro atoms. The summed E-state index contributed by atoms with van der Waals surface area (Å²) in [4.78, 5) is 0. The molecule has 2 rings (SSSR count). The standard InChI is InChI=1S/C16H25NO/c1-15(2)8-10-16(12-17,11-9-15)14(18)13-6-4-3-5-7-13/h3-4,13-14,18H,5-11H2,1-2H3. The number of hydrogen-bond acceptors (Lipinski definition) is 2. The first-order valence-electron chi connectivity index (χ1n) is 7.23. The van der Waals surface area contributed by atoms with E-state index in [1.165, 1.54) is 0 Å². The minimum Gasteiger partial charge on any atom is -0.391 e. The molecule has 0 aromatic rings. The van der Waals surface area contributed by atoms with Crippen molar-refractivity contribution in [2.45, 2.75) is 64.9 Å². The molecule has 0 amide bonds. The molecule has 0 aromatic heterocycles. The van der Waals surface area contributed by atoms with Crippen LogP contribution in [0.5, 0.6) is 0 Å². The fourth-order valence-electron chi connectivity index (χ4n) is 3.40. The largest absolute Gasteiger partial charge is 0.391 e. The quantitative estimate of drug-likeness (QED) is 0.754. The van der Waals surface area contributed by atoms with E-state index in [4.69, 9.17) is 0 Å². The van der Waals surface area contributed by atoms with E-state index in [0.29, 0.717) is 5.41 Å². The lowest BCUT2D eigenvalue weighted by molar-refractivity contribution is -0.0280. The number of allylic oxidation sites excluding steroid dienone is 2. The van der Waals surface area contributed by atoms with Gasteiger partial charge in [0.05, 0.1) is 17.6 Å². The Kier molecular flexibility index (Phi) is 3.82. The second-order valence-corrected chi connectivity index (χ2v) is 6.92. The third-order valence-electron chi connectivity index (χ3n) is 5.04. The monoisotopic (exact) mass is 247 g/mol. The number of nitrogens with zero attached hydrogens (tertiary/aromatic N) is 1. The molecule has 0 aromatic carbocycles. The van der Waals surface area contributed by atoms with Crippen LogP contribution in [0.15, 0.2) is 12.2 Å². The van der Waals surface area contributed by atoms with Gasteiger partial charge >= 0.3 is 0 Å². The first kappa shape index (κ1) is 13.6. The first-order chi connectivity index (χ1) is 8.49.